The number of benzene rings is 1. The second-order valence-electron chi connectivity index (χ2n) is 4.45. The van der Waals surface area contributed by atoms with Crippen molar-refractivity contribution in [2.75, 3.05) is 5.32 Å². The number of aromatic nitrogens is 1. The number of carbonyl (C=O) groups is 1. The number of nitro benzene ring substituents is 1. The van der Waals surface area contributed by atoms with E-state index in [-0.39, 0.29) is 17.1 Å². The number of nitrogens with zero attached hydrogens (tertiary/aromatic N) is 2. The van der Waals surface area contributed by atoms with Crippen molar-refractivity contribution in [2.45, 2.75) is 13.0 Å². The number of anilines is 1. The summed E-state index contributed by atoms with van der Waals surface area (Å²) in [5.74, 6) is -0.386. The number of carbonyl (C=O) groups excluding carboxylic acids is 1. The molecule has 0 saturated heterocycles. The number of para-hydroxylation sites is 2. The topological polar surface area (TPSA) is 96.3 Å². The van der Waals surface area contributed by atoms with Gasteiger partial charge in [-0.3, -0.25) is 14.9 Å². The van der Waals surface area contributed by atoms with E-state index in [0.717, 1.165) is 0 Å². The highest BCUT2D eigenvalue weighted by Crippen LogP contribution is 2.23. The zero-order chi connectivity index (χ0) is 15.4. The number of hydrogen-bond acceptors (Lipinski definition) is 4. The average molecular weight is 288 g/mol. The Kier molecular flexibility index (Phi) is 4.13. The normalized spacial score (nSPS) is 11.7. The van der Waals surface area contributed by atoms with Crippen LogP contribution in [0.25, 0.3) is 0 Å². The first kappa shape index (κ1) is 14.4. The van der Waals surface area contributed by atoms with Gasteiger partial charge in [-0.2, -0.15) is 4.57 Å². The third kappa shape index (κ3) is 3.33. The van der Waals surface area contributed by atoms with Crippen LogP contribution in [0.3, 0.4) is 0 Å². The van der Waals surface area contributed by atoms with Crippen molar-refractivity contribution in [3.05, 3.63) is 58.9 Å². The highest BCUT2D eigenvalue weighted by atomic mass is 16.6. The van der Waals surface area contributed by atoms with E-state index >= 15 is 0 Å². The number of pyridine rings is 1. The largest absolute Gasteiger partial charge is 0.503 e. The summed E-state index contributed by atoms with van der Waals surface area (Å²) in [6.07, 6.45) is 3.03. The Balaban J connectivity index is 2.20. The van der Waals surface area contributed by atoms with Gasteiger partial charge in [-0.1, -0.05) is 12.1 Å². The number of hydrogen-bond donors (Lipinski definition) is 2. The lowest BCUT2D eigenvalue weighted by molar-refractivity contribution is -0.705. The molecule has 108 valence electrons. The van der Waals surface area contributed by atoms with Crippen LogP contribution < -0.4 is 9.88 Å². The van der Waals surface area contributed by atoms with E-state index in [2.05, 4.69) is 5.32 Å². The molecule has 0 saturated carbocycles. The predicted octanol–water partition coefficient (Wildman–Crippen LogP) is 1.79. The Bertz CT molecular complexity index is 687. The first-order valence-corrected chi connectivity index (χ1v) is 6.23. The van der Waals surface area contributed by atoms with Crippen molar-refractivity contribution in [1.82, 2.24) is 0 Å². The van der Waals surface area contributed by atoms with Crippen molar-refractivity contribution in [3.63, 3.8) is 0 Å². The Morgan fingerprint density at radius 1 is 1.33 bits per heavy atom. The number of amides is 1. The fourth-order valence-corrected chi connectivity index (χ4v) is 1.83. The molecule has 1 amide bonds. The second kappa shape index (κ2) is 6.00. The molecule has 1 aromatic heterocycles. The van der Waals surface area contributed by atoms with Crippen molar-refractivity contribution >= 4 is 17.3 Å². The smallest absolute Gasteiger partial charge is 0.293 e. The van der Waals surface area contributed by atoms with Crippen LogP contribution >= 0.6 is 0 Å². The fraction of sp³-hybridized carbons (Fsp3) is 0.143. The SMILES string of the molecule is C[C@@H](C(=O)Nc1ccccc1[N+](=O)[O-])[n+]1cccc(O)c1. The minimum atomic E-state index is -0.628. The maximum Gasteiger partial charge on any atom is 0.293 e. The quantitative estimate of drug-likeness (QED) is 0.509. The summed E-state index contributed by atoms with van der Waals surface area (Å²) in [5, 5.41) is 22.8. The minimum absolute atomic E-state index is 0.0304. The summed E-state index contributed by atoms with van der Waals surface area (Å²) >= 11 is 0. The van der Waals surface area contributed by atoms with E-state index in [4.69, 9.17) is 0 Å². The molecule has 1 atom stereocenters. The van der Waals surface area contributed by atoms with Gasteiger partial charge in [0.05, 0.1) is 4.92 Å². The summed E-state index contributed by atoms with van der Waals surface area (Å²) in [4.78, 5) is 22.5. The van der Waals surface area contributed by atoms with Gasteiger partial charge in [0, 0.05) is 19.1 Å². The van der Waals surface area contributed by atoms with E-state index in [1.807, 2.05) is 0 Å². The van der Waals surface area contributed by atoms with Crippen molar-refractivity contribution in [2.24, 2.45) is 0 Å². The van der Waals surface area contributed by atoms with E-state index < -0.39 is 16.9 Å². The minimum Gasteiger partial charge on any atom is -0.503 e. The predicted molar refractivity (Wildman–Crippen MR) is 74.7 cm³/mol. The van der Waals surface area contributed by atoms with Gasteiger partial charge < -0.3 is 10.4 Å². The molecule has 0 spiro atoms. The first-order chi connectivity index (χ1) is 9.99. The molecule has 0 unspecified atom stereocenters. The zero-order valence-corrected chi connectivity index (χ0v) is 11.3. The molecular weight excluding hydrogens is 274 g/mol. The van der Waals surface area contributed by atoms with Crippen LogP contribution in [0.15, 0.2) is 48.8 Å². The van der Waals surface area contributed by atoms with Crippen LogP contribution in [0.5, 0.6) is 5.75 Å². The second-order valence-corrected chi connectivity index (χ2v) is 4.45. The maximum atomic E-state index is 12.2. The molecule has 21 heavy (non-hydrogen) atoms. The van der Waals surface area contributed by atoms with Crippen LogP contribution in [-0.2, 0) is 4.79 Å². The molecule has 7 heteroatoms. The molecule has 2 aromatic rings. The number of nitrogens with one attached hydrogen (secondary N) is 1. The molecule has 1 heterocycles. The van der Waals surface area contributed by atoms with Gasteiger partial charge in [-0.05, 0) is 12.1 Å². The molecule has 0 aliphatic carbocycles. The fourth-order valence-electron chi connectivity index (χ4n) is 1.83. The van der Waals surface area contributed by atoms with Gasteiger partial charge in [0.25, 0.3) is 11.6 Å². The van der Waals surface area contributed by atoms with Crippen LogP contribution in [0, 0.1) is 10.1 Å². The lowest BCUT2D eigenvalue weighted by Gasteiger charge is -2.09. The van der Waals surface area contributed by atoms with Crippen molar-refractivity contribution < 1.29 is 19.4 Å². The van der Waals surface area contributed by atoms with Crippen LogP contribution in [0.4, 0.5) is 11.4 Å². The van der Waals surface area contributed by atoms with Gasteiger partial charge in [0.15, 0.2) is 11.9 Å². The molecule has 7 nitrogen and oxygen atoms in total. The van der Waals surface area contributed by atoms with Crippen molar-refractivity contribution in [3.8, 4) is 5.75 Å². The molecule has 0 bridgehead atoms. The third-order valence-electron chi connectivity index (χ3n) is 2.99. The monoisotopic (exact) mass is 288 g/mol. The number of nitro groups is 1. The van der Waals surface area contributed by atoms with Gasteiger partial charge in [-0.25, -0.2) is 0 Å². The molecule has 1 aromatic carbocycles. The van der Waals surface area contributed by atoms with Gasteiger partial charge >= 0.3 is 0 Å². The van der Waals surface area contributed by atoms with Crippen molar-refractivity contribution in [1.29, 1.82) is 0 Å². The van der Waals surface area contributed by atoms with Crippen LogP contribution in [0.1, 0.15) is 13.0 Å². The maximum absolute atomic E-state index is 12.2. The van der Waals surface area contributed by atoms with E-state index in [1.165, 1.54) is 35.0 Å². The van der Waals surface area contributed by atoms with E-state index in [0.29, 0.717) is 0 Å². The van der Waals surface area contributed by atoms with Gasteiger partial charge in [0.1, 0.15) is 5.69 Å². The summed E-state index contributed by atoms with van der Waals surface area (Å²) in [6, 6.07) is 8.39. The highest BCUT2D eigenvalue weighted by Gasteiger charge is 2.24. The molecular formula is C14H14N3O4+. The standard InChI is InChI=1S/C14H13N3O4/c1-10(16-8-4-5-11(18)9-16)14(19)15-12-6-2-3-7-13(12)17(20)21/h2-10H,1H3,(H-,15,18,19)/p+1/t10-/m0/s1. The summed E-state index contributed by atoms with van der Waals surface area (Å²) in [5.41, 5.74) is -0.0286. The molecule has 0 radical (unpaired) electrons. The number of aromatic hydroxyl groups is 1. The Hall–Kier alpha value is -2.96. The average Bonchev–Trinajstić information content (AvgIpc) is 2.46. The summed E-state index contributed by atoms with van der Waals surface area (Å²) in [6.45, 7) is 1.63. The van der Waals surface area contributed by atoms with Crippen LogP contribution in [-0.4, -0.2) is 15.9 Å². The molecule has 0 fully saturated rings. The summed E-state index contributed by atoms with van der Waals surface area (Å²) < 4.78 is 1.51. The molecule has 2 rings (SSSR count). The lowest BCUT2D eigenvalue weighted by Crippen LogP contribution is -2.43. The van der Waals surface area contributed by atoms with E-state index in [9.17, 15) is 20.0 Å². The Morgan fingerprint density at radius 3 is 2.71 bits per heavy atom. The Morgan fingerprint density at radius 2 is 2.05 bits per heavy atom. The third-order valence-corrected chi connectivity index (χ3v) is 2.99. The van der Waals surface area contributed by atoms with Gasteiger partial charge in [-0.15, -0.1) is 0 Å². The summed E-state index contributed by atoms with van der Waals surface area (Å²) in [7, 11) is 0. The molecule has 0 aliphatic heterocycles. The Labute approximate surface area is 120 Å². The van der Waals surface area contributed by atoms with Gasteiger partial charge in [0.2, 0.25) is 12.2 Å². The lowest BCUT2D eigenvalue weighted by atomic mass is 10.2. The first-order valence-electron chi connectivity index (χ1n) is 6.23. The number of rotatable bonds is 4. The molecule has 0 aliphatic rings. The van der Waals surface area contributed by atoms with Crippen LogP contribution in [0.2, 0.25) is 0 Å². The van der Waals surface area contributed by atoms with E-state index in [1.54, 1.807) is 25.3 Å². The molecule has 2 N–H and O–H groups in total. The zero-order valence-electron chi connectivity index (χ0n) is 11.3. The highest BCUT2D eigenvalue weighted by molar-refractivity contribution is 5.94.